The maximum absolute atomic E-state index is 12.4. The number of rotatable bonds is 6. The smallest absolute Gasteiger partial charge is 0.308 e. The molecule has 0 radical (unpaired) electrons. The molecule has 1 aromatic heterocycles. The zero-order valence-corrected chi connectivity index (χ0v) is 15.3. The third-order valence-electron chi connectivity index (χ3n) is 4.07. The van der Waals surface area contributed by atoms with Crippen molar-refractivity contribution in [2.24, 2.45) is 11.8 Å². The van der Waals surface area contributed by atoms with Gasteiger partial charge in [-0.3, -0.25) is 14.4 Å². The SMILES string of the molecule is Cc1cc(NC(=O)C(C)SCC(=O)N2CC(C)CC(C(=O)O)C2)no1. The van der Waals surface area contributed by atoms with Crippen LogP contribution in [0.5, 0.6) is 0 Å². The van der Waals surface area contributed by atoms with Crippen molar-refractivity contribution in [2.75, 3.05) is 24.2 Å². The molecule has 3 atom stereocenters. The second kappa shape index (κ2) is 8.37. The van der Waals surface area contributed by atoms with Gasteiger partial charge in [0.15, 0.2) is 5.82 Å². The number of carbonyl (C=O) groups is 3. The topological polar surface area (TPSA) is 113 Å². The minimum atomic E-state index is -0.868. The lowest BCUT2D eigenvalue weighted by atomic mass is 9.90. The van der Waals surface area contributed by atoms with Crippen LogP contribution in [0.4, 0.5) is 5.82 Å². The first kappa shape index (κ1) is 19.3. The molecule has 0 bridgehead atoms. The number of carboxylic acids is 1. The summed E-state index contributed by atoms with van der Waals surface area (Å²) in [7, 11) is 0. The van der Waals surface area contributed by atoms with Crippen LogP contribution in [0.1, 0.15) is 26.0 Å². The highest BCUT2D eigenvalue weighted by Gasteiger charge is 2.32. The Kier molecular flexibility index (Phi) is 6.46. The van der Waals surface area contributed by atoms with Crippen LogP contribution < -0.4 is 5.32 Å². The molecule has 1 fully saturated rings. The number of aromatic nitrogens is 1. The number of nitrogens with zero attached hydrogens (tertiary/aromatic N) is 2. The summed E-state index contributed by atoms with van der Waals surface area (Å²) < 4.78 is 4.88. The van der Waals surface area contributed by atoms with Crippen LogP contribution in [-0.2, 0) is 14.4 Å². The number of amides is 2. The minimum absolute atomic E-state index is 0.130. The van der Waals surface area contributed by atoms with E-state index >= 15 is 0 Å². The van der Waals surface area contributed by atoms with Crippen LogP contribution in [0.25, 0.3) is 0 Å². The van der Waals surface area contributed by atoms with Crippen LogP contribution in [0.3, 0.4) is 0 Å². The molecular weight excluding hydrogens is 346 g/mol. The van der Waals surface area contributed by atoms with E-state index in [1.807, 2.05) is 6.92 Å². The molecule has 1 aliphatic rings. The fourth-order valence-electron chi connectivity index (χ4n) is 2.75. The van der Waals surface area contributed by atoms with E-state index in [-0.39, 0.29) is 30.0 Å². The Morgan fingerprint density at radius 2 is 2.20 bits per heavy atom. The van der Waals surface area contributed by atoms with Crippen molar-refractivity contribution in [3.63, 3.8) is 0 Å². The van der Waals surface area contributed by atoms with E-state index in [1.54, 1.807) is 24.8 Å². The quantitative estimate of drug-likeness (QED) is 0.783. The Bertz CT molecular complexity index is 647. The highest BCUT2D eigenvalue weighted by Crippen LogP contribution is 2.23. The van der Waals surface area contributed by atoms with Gasteiger partial charge in [0.1, 0.15) is 5.76 Å². The second-order valence-corrected chi connectivity index (χ2v) is 7.77. The van der Waals surface area contributed by atoms with E-state index in [4.69, 9.17) is 4.52 Å². The van der Waals surface area contributed by atoms with Crippen molar-refractivity contribution >= 4 is 35.4 Å². The zero-order valence-electron chi connectivity index (χ0n) is 14.5. The van der Waals surface area contributed by atoms with E-state index in [2.05, 4.69) is 10.5 Å². The number of piperidine rings is 1. The van der Waals surface area contributed by atoms with Gasteiger partial charge in [-0.2, -0.15) is 0 Å². The summed E-state index contributed by atoms with van der Waals surface area (Å²) in [5, 5.41) is 15.1. The van der Waals surface area contributed by atoms with Gasteiger partial charge in [0, 0.05) is 19.2 Å². The first-order valence-electron chi connectivity index (χ1n) is 8.12. The number of nitrogens with one attached hydrogen (secondary N) is 1. The van der Waals surface area contributed by atoms with Crippen LogP contribution >= 0.6 is 11.8 Å². The van der Waals surface area contributed by atoms with E-state index in [1.165, 1.54) is 11.8 Å². The number of carbonyl (C=O) groups excluding carboxylic acids is 2. The maximum Gasteiger partial charge on any atom is 0.308 e. The van der Waals surface area contributed by atoms with Gasteiger partial charge in [-0.1, -0.05) is 12.1 Å². The Labute approximate surface area is 150 Å². The van der Waals surface area contributed by atoms with Gasteiger partial charge in [0.2, 0.25) is 11.8 Å². The lowest BCUT2D eigenvalue weighted by Crippen LogP contribution is -2.46. The molecule has 0 aromatic carbocycles. The fraction of sp³-hybridized carbons (Fsp3) is 0.625. The van der Waals surface area contributed by atoms with Crippen molar-refractivity contribution in [3.05, 3.63) is 11.8 Å². The number of hydrogen-bond donors (Lipinski definition) is 2. The van der Waals surface area contributed by atoms with Gasteiger partial charge in [0.25, 0.3) is 0 Å². The maximum atomic E-state index is 12.4. The fourth-order valence-corrected chi connectivity index (χ4v) is 3.54. The molecule has 2 N–H and O–H groups in total. The molecule has 1 saturated heterocycles. The molecule has 2 heterocycles. The Balaban J connectivity index is 1.81. The lowest BCUT2D eigenvalue weighted by Gasteiger charge is -2.34. The Morgan fingerprint density at radius 3 is 2.80 bits per heavy atom. The van der Waals surface area contributed by atoms with Gasteiger partial charge < -0.3 is 19.8 Å². The van der Waals surface area contributed by atoms with Crippen molar-refractivity contribution in [1.82, 2.24) is 10.1 Å². The third-order valence-corrected chi connectivity index (χ3v) is 5.19. The van der Waals surface area contributed by atoms with Gasteiger partial charge in [-0.15, -0.1) is 11.8 Å². The minimum Gasteiger partial charge on any atom is -0.481 e. The first-order chi connectivity index (χ1) is 11.8. The highest BCUT2D eigenvalue weighted by molar-refractivity contribution is 8.01. The molecule has 2 amide bonds. The molecule has 1 aliphatic heterocycles. The van der Waals surface area contributed by atoms with Crippen molar-refractivity contribution in [2.45, 2.75) is 32.4 Å². The van der Waals surface area contributed by atoms with Gasteiger partial charge in [0.05, 0.1) is 16.9 Å². The normalized spacial score (nSPS) is 21.6. The van der Waals surface area contributed by atoms with Crippen LogP contribution in [0.2, 0.25) is 0 Å². The third kappa shape index (κ3) is 5.48. The summed E-state index contributed by atoms with van der Waals surface area (Å²) in [5.41, 5.74) is 0. The monoisotopic (exact) mass is 369 g/mol. The molecule has 9 heteroatoms. The molecule has 1 aromatic rings. The standard InChI is InChI=1S/C16H23N3O5S/c1-9-4-12(16(22)23)7-19(6-9)14(20)8-25-11(3)15(21)17-13-5-10(2)24-18-13/h5,9,11-12H,4,6-8H2,1-3H3,(H,22,23)(H,17,18,21). The molecule has 0 saturated carbocycles. The summed E-state index contributed by atoms with van der Waals surface area (Å²) in [5.74, 6) is -0.568. The first-order valence-corrected chi connectivity index (χ1v) is 9.17. The Morgan fingerprint density at radius 1 is 1.48 bits per heavy atom. The number of hydrogen-bond acceptors (Lipinski definition) is 6. The molecule has 2 rings (SSSR count). The highest BCUT2D eigenvalue weighted by atomic mass is 32.2. The molecule has 3 unspecified atom stereocenters. The number of aliphatic carboxylic acids is 1. The van der Waals surface area contributed by atoms with E-state index in [9.17, 15) is 19.5 Å². The summed E-state index contributed by atoms with van der Waals surface area (Å²) in [6, 6.07) is 1.61. The average molecular weight is 369 g/mol. The van der Waals surface area contributed by atoms with Crippen LogP contribution in [0.15, 0.2) is 10.6 Å². The molecule has 25 heavy (non-hydrogen) atoms. The molecule has 0 spiro atoms. The predicted octanol–water partition coefficient (Wildman–Crippen LogP) is 1.61. The zero-order chi connectivity index (χ0) is 18.6. The number of likely N-dealkylation sites (tertiary alicyclic amines) is 1. The Hall–Kier alpha value is -2.03. The number of aryl methyl sites for hydroxylation is 1. The van der Waals surface area contributed by atoms with Crippen molar-refractivity contribution in [3.8, 4) is 0 Å². The molecule has 8 nitrogen and oxygen atoms in total. The summed E-state index contributed by atoms with van der Waals surface area (Å²) >= 11 is 1.21. The van der Waals surface area contributed by atoms with E-state index in [0.29, 0.717) is 24.5 Å². The van der Waals surface area contributed by atoms with E-state index in [0.717, 1.165) is 0 Å². The number of carboxylic acid groups (broad SMARTS) is 1. The predicted molar refractivity (Wildman–Crippen MR) is 93.3 cm³/mol. The number of thioether (sulfide) groups is 1. The summed E-state index contributed by atoms with van der Waals surface area (Å²) in [6.45, 7) is 6.17. The average Bonchev–Trinajstić information content (AvgIpc) is 2.96. The van der Waals surface area contributed by atoms with Gasteiger partial charge in [-0.25, -0.2) is 0 Å². The summed E-state index contributed by atoms with van der Waals surface area (Å²) in [6.07, 6.45) is 0.585. The number of anilines is 1. The van der Waals surface area contributed by atoms with Gasteiger partial charge >= 0.3 is 5.97 Å². The molecule has 0 aliphatic carbocycles. The summed E-state index contributed by atoms with van der Waals surface area (Å²) in [4.78, 5) is 37.2. The van der Waals surface area contributed by atoms with Crippen molar-refractivity contribution in [1.29, 1.82) is 0 Å². The van der Waals surface area contributed by atoms with Crippen LogP contribution in [0, 0.1) is 18.8 Å². The lowest BCUT2D eigenvalue weighted by molar-refractivity contribution is -0.146. The largest absolute Gasteiger partial charge is 0.481 e. The van der Waals surface area contributed by atoms with Crippen molar-refractivity contribution < 1.29 is 24.0 Å². The van der Waals surface area contributed by atoms with Gasteiger partial charge in [-0.05, 0) is 26.2 Å². The molecule has 138 valence electrons. The van der Waals surface area contributed by atoms with Crippen LogP contribution in [-0.4, -0.2) is 57.0 Å². The molecular formula is C16H23N3O5S. The van der Waals surface area contributed by atoms with E-state index < -0.39 is 17.1 Å². The second-order valence-electron chi connectivity index (χ2n) is 6.44.